The van der Waals surface area contributed by atoms with Gasteiger partial charge in [-0.3, -0.25) is 0 Å². The van der Waals surface area contributed by atoms with Gasteiger partial charge in [-0.2, -0.15) is 0 Å². The molecule has 0 heterocycles. The Morgan fingerprint density at radius 2 is 1.77 bits per heavy atom. The quantitative estimate of drug-likeness (QED) is 0.466. The molecular formula is C13H26. The van der Waals surface area contributed by atoms with Gasteiger partial charge in [-0.1, -0.05) is 51.5 Å². The summed E-state index contributed by atoms with van der Waals surface area (Å²) in [5.41, 5.74) is 1.34. The van der Waals surface area contributed by atoms with Gasteiger partial charge in [0, 0.05) is 0 Å². The Hall–Kier alpha value is -0.260. The van der Waals surface area contributed by atoms with Crippen LogP contribution in [0.25, 0.3) is 0 Å². The van der Waals surface area contributed by atoms with E-state index in [-0.39, 0.29) is 0 Å². The van der Waals surface area contributed by atoms with Crippen molar-refractivity contribution in [1.29, 1.82) is 0 Å². The molecule has 0 aromatic heterocycles. The van der Waals surface area contributed by atoms with Gasteiger partial charge in [-0.15, -0.1) is 6.58 Å². The van der Waals surface area contributed by atoms with Gasteiger partial charge in [0.15, 0.2) is 0 Å². The molecule has 0 fully saturated rings. The number of allylic oxidation sites excluding steroid dienone is 1. The average Bonchev–Trinajstić information content (AvgIpc) is 2.10. The van der Waals surface area contributed by atoms with E-state index in [1.807, 2.05) is 0 Å². The molecule has 0 nitrogen and oxygen atoms in total. The highest BCUT2D eigenvalue weighted by Gasteiger charge is 2.04. The van der Waals surface area contributed by atoms with Crippen molar-refractivity contribution in [2.24, 2.45) is 5.92 Å². The van der Waals surface area contributed by atoms with Crippen LogP contribution in [0.2, 0.25) is 0 Å². The second kappa shape index (κ2) is 8.34. The molecule has 0 amide bonds. The van der Waals surface area contributed by atoms with Crippen molar-refractivity contribution in [3.05, 3.63) is 12.2 Å². The highest BCUT2D eigenvalue weighted by Crippen LogP contribution is 2.20. The van der Waals surface area contributed by atoms with Crippen molar-refractivity contribution in [3.63, 3.8) is 0 Å². The molecule has 0 saturated carbocycles. The SMILES string of the molecule is C=C(C)CCCC(CC)CCCC. The van der Waals surface area contributed by atoms with Gasteiger partial charge >= 0.3 is 0 Å². The first kappa shape index (κ1) is 12.7. The molecule has 0 aromatic rings. The average molecular weight is 182 g/mol. The van der Waals surface area contributed by atoms with Crippen molar-refractivity contribution in [2.45, 2.75) is 65.7 Å². The van der Waals surface area contributed by atoms with Crippen LogP contribution in [0.1, 0.15) is 65.7 Å². The van der Waals surface area contributed by atoms with Gasteiger partial charge in [0.2, 0.25) is 0 Å². The highest BCUT2D eigenvalue weighted by molar-refractivity contribution is 4.87. The molecule has 0 saturated heterocycles. The minimum absolute atomic E-state index is 0.972. The van der Waals surface area contributed by atoms with Crippen LogP contribution in [0.15, 0.2) is 12.2 Å². The normalized spacial score (nSPS) is 12.8. The standard InChI is InChI=1S/C13H26/c1-5-7-10-13(6-2)11-8-9-12(3)4/h13H,3,5-11H2,1-2,4H3. The summed E-state index contributed by atoms with van der Waals surface area (Å²) < 4.78 is 0. The summed E-state index contributed by atoms with van der Waals surface area (Å²) in [4.78, 5) is 0. The van der Waals surface area contributed by atoms with Crippen molar-refractivity contribution in [3.8, 4) is 0 Å². The second-order valence-corrected chi connectivity index (χ2v) is 4.27. The molecule has 0 aliphatic rings. The van der Waals surface area contributed by atoms with Crippen molar-refractivity contribution in [2.75, 3.05) is 0 Å². The zero-order valence-electron chi connectivity index (χ0n) is 9.73. The van der Waals surface area contributed by atoms with E-state index in [0.717, 1.165) is 5.92 Å². The second-order valence-electron chi connectivity index (χ2n) is 4.27. The zero-order valence-corrected chi connectivity index (χ0v) is 9.73. The molecule has 1 unspecified atom stereocenters. The highest BCUT2D eigenvalue weighted by atomic mass is 14.1. The minimum Gasteiger partial charge on any atom is -0.100 e. The van der Waals surface area contributed by atoms with Crippen LogP contribution in [0.4, 0.5) is 0 Å². The van der Waals surface area contributed by atoms with E-state index < -0.39 is 0 Å². The van der Waals surface area contributed by atoms with Crippen molar-refractivity contribution < 1.29 is 0 Å². The zero-order chi connectivity index (χ0) is 10.1. The van der Waals surface area contributed by atoms with E-state index in [9.17, 15) is 0 Å². The molecule has 0 N–H and O–H groups in total. The number of rotatable bonds is 8. The minimum atomic E-state index is 0.972. The lowest BCUT2D eigenvalue weighted by molar-refractivity contribution is 0.410. The fourth-order valence-corrected chi connectivity index (χ4v) is 1.74. The largest absolute Gasteiger partial charge is 0.100 e. The summed E-state index contributed by atoms with van der Waals surface area (Å²) >= 11 is 0. The third-order valence-electron chi connectivity index (χ3n) is 2.76. The van der Waals surface area contributed by atoms with Gasteiger partial charge in [0.05, 0.1) is 0 Å². The third kappa shape index (κ3) is 8.08. The predicted molar refractivity (Wildman–Crippen MR) is 62.0 cm³/mol. The number of unbranched alkanes of at least 4 members (excludes halogenated alkanes) is 1. The fraction of sp³-hybridized carbons (Fsp3) is 0.846. The van der Waals surface area contributed by atoms with Crippen LogP contribution in [0.5, 0.6) is 0 Å². The van der Waals surface area contributed by atoms with Crippen LogP contribution in [-0.4, -0.2) is 0 Å². The summed E-state index contributed by atoms with van der Waals surface area (Å²) in [6.07, 6.45) is 9.52. The first-order valence-electron chi connectivity index (χ1n) is 5.85. The van der Waals surface area contributed by atoms with Gasteiger partial charge in [0.25, 0.3) is 0 Å². The van der Waals surface area contributed by atoms with Crippen LogP contribution in [0, 0.1) is 5.92 Å². The Labute approximate surface area is 84.4 Å². The monoisotopic (exact) mass is 182 g/mol. The van der Waals surface area contributed by atoms with Crippen LogP contribution >= 0.6 is 0 Å². The molecule has 1 atom stereocenters. The van der Waals surface area contributed by atoms with E-state index in [4.69, 9.17) is 0 Å². The number of hydrogen-bond donors (Lipinski definition) is 0. The Kier molecular flexibility index (Phi) is 8.18. The van der Waals surface area contributed by atoms with Crippen LogP contribution in [0.3, 0.4) is 0 Å². The van der Waals surface area contributed by atoms with E-state index in [2.05, 4.69) is 27.4 Å². The van der Waals surface area contributed by atoms with Crippen LogP contribution in [-0.2, 0) is 0 Å². The smallest absolute Gasteiger partial charge is 0.0326 e. The summed E-state index contributed by atoms with van der Waals surface area (Å²) in [6.45, 7) is 10.7. The van der Waals surface area contributed by atoms with E-state index in [0.29, 0.717) is 0 Å². The lowest BCUT2D eigenvalue weighted by Crippen LogP contribution is -1.98. The Morgan fingerprint density at radius 1 is 1.15 bits per heavy atom. The molecule has 13 heavy (non-hydrogen) atoms. The summed E-state index contributed by atoms with van der Waals surface area (Å²) in [6, 6.07) is 0. The summed E-state index contributed by atoms with van der Waals surface area (Å²) in [5, 5.41) is 0. The maximum Gasteiger partial charge on any atom is -0.0326 e. The summed E-state index contributed by atoms with van der Waals surface area (Å²) in [5.74, 6) is 0.972. The lowest BCUT2D eigenvalue weighted by Gasteiger charge is -2.13. The van der Waals surface area contributed by atoms with E-state index in [1.54, 1.807) is 0 Å². The van der Waals surface area contributed by atoms with Crippen molar-refractivity contribution in [1.82, 2.24) is 0 Å². The van der Waals surface area contributed by atoms with Crippen molar-refractivity contribution >= 4 is 0 Å². The molecule has 0 aliphatic carbocycles. The van der Waals surface area contributed by atoms with E-state index in [1.165, 1.54) is 50.5 Å². The van der Waals surface area contributed by atoms with E-state index >= 15 is 0 Å². The van der Waals surface area contributed by atoms with Crippen LogP contribution < -0.4 is 0 Å². The molecule has 0 spiro atoms. The molecule has 0 aliphatic heterocycles. The first-order valence-corrected chi connectivity index (χ1v) is 5.85. The summed E-state index contributed by atoms with van der Waals surface area (Å²) in [7, 11) is 0. The first-order chi connectivity index (χ1) is 6.20. The Balaban J connectivity index is 3.41. The lowest BCUT2D eigenvalue weighted by atomic mass is 9.93. The number of hydrogen-bond acceptors (Lipinski definition) is 0. The molecule has 0 heteroatoms. The maximum atomic E-state index is 3.94. The van der Waals surface area contributed by atoms with Gasteiger partial charge in [-0.05, 0) is 25.7 Å². The Morgan fingerprint density at radius 3 is 2.23 bits per heavy atom. The molecule has 0 aromatic carbocycles. The fourth-order valence-electron chi connectivity index (χ4n) is 1.74. The van der Waals surface area contributed by atoms with Gasteiger partial charge < -0.3 is 0 Å². The van der Waals surface area contributed by atoms with Gasteiger partial charge in [-0.25, -0.2) is 0 Å². The molecule has 78 valence electrons. The molecule has 0 bridgehead atoms. The molecule has 0 radical (unpaired) electrons. The third-order valence-corrected chi connectivity index (χ3v) is 2.76. The Bertz CT molecular complexity index is 124. The maximum absolute atomic E-state index is 3.94. The van der Waals surface area contributed by atoms with Gasteiger partial charge in [0.1, 0.15) is 0 Å². The predicted octanol–water partition coefficient (Wildman–Crippen LogP) is 4.95. The molecule has 0 rings (SSSR count). The topological polar surface area (TPSA) is 0 Å². The molecular weight excluding hydrogens is 156 g/mol.